The highest BCUT2D eigenvalue weighted by molar-refractivity contribution is 6.03. The first-order valence-electron chi connectivity index (χ1n) is 9.75. The Morgan fingerprint density at radius 2 is 2.00 bits per heavy atom. The Balaban J connectivity index is 1.83. The van der Waals surface area contributed by atoms with Gasteiger partial charge in [-0.1, -0.05) is 18.7 Å². The quantitative estimate of drug-likeness (QED) is 0.676. The summed E-state index contributed by atoms with van der Waals surface area (Å²) in [5, 5.41) is 20.2. The predicted molar refractivity (Wildman–Crippen MR) is 112 cm³/mol. The minimum absolute atomic E-state index is 0.0726. The molecule has 1 saturated heterocycles. The van der Waals surface area contributed by atoms with Gasteiger partial charge in [-0.15, -0.1) is 0 Å². The fourth-order valence-corrected chi connectivity index (χ4v) is 3.70. The van der Waals surface area contributed by atoms with Gasteiger partial charge >= 0.3 is 0 Å². The van der Waals surface area contributed by atoms with Gasteiger partial charge in [0.15, 0.2) is 17.8 Å². The number of amides is 1. The van der Waals surface area contributed by atoms with E-state index in [0.717, 1.165) is 19.3 Å². The molecular formula is C23H25NO6. The first-order chi connectivity index (χ1) is 14.5. The second-order valence-electron chi connectivity index (χ2n) is 7.05. The van der Waals surface area contributed by atoms with Crippen LogP contribution < -0.4 is 9.47 Å². The smallest absolute Gasteiger partial charge is 0.255 e. The van der Waals surface area contributed by atoms with Crippen molar-refractivity contribution >= 4 is 18.3 Å². The summed E-state index contributed by atoms with van der Waals surface area (Å²) in [6, 6.07) is 7.71. The molecule has 0 spiro atoms. The Morgan fingerprint density at radius 3 is 2.70 bits per heavy atom. The first-order valence-corrected chi connectivity index (χ1v) is 9.75. The summed E-state index contributed by atoms with van der Waals surface area (Å²) in [6.07, 6.45) is 4.51. The molecule has 7 nitrogen and oxygen atoms in total. The van der Waals surface area contributed by atoms with E-state index in [0.29, 0.717) is 24.1 Å². The van der Waals surface area contributed by atoms with Gasteiger partial charge in [-0.05, 0) is 43.5 Å². The number of phenols is 2. The van der Waals surface area contributed by atoms with E-state index >= 15 is 0 Å². The van der Waals surface area contributed by atoms with Crippen LogP contribution in [0.2, 0.25) is 0 Å². The number of hydrogen-bond donors (Lipinski definition) is 2. The molecule has 0 aliphatic carbocycles. The summed E-state index contributed by atoms with van der Waals surface area (Å²) in [5.41, 5.74) is 0.528. The van der Waals surface area contributed by atoms with E-state index < -0.39 is 0 Å². The molecule has 0 bridgehead atoms. The third-order valence-corrected chi connectivity index (χ3v) is 5.31. The van der Waals surface area contributed by atoms with Crippen molar-refractivity contribution in [3.05, 3.63) is 53.6 Å². The van der Waals surface area contributed by atoms with Gasteiger partial charge in [0.05, 0.1) is 29.8 Å². The number of rotatable bonds is 7. The molecule has 0 radical (unpaired) electrons. The third kappa shape index (κ3) is 4.10. The highest BCUT2D eigenvalue weighted by Crippen LogP contribution is 2.33. The maximum atomic E-state index is 13.2. The number of hydrogen-bond acceptors (Lipinski definition) is 6. The number of aromatic hydroxyl groups is 2. The molecule has 0 aromatic heterocycles. The van der Waals surface area contributed by atoms with E-state index in [9.17, 15) is 19.8 Å². The number of phenolic OH excluding ortho intramolecular Hbond substituents is 2. The SMILES string of the molecule is C=Cc1c(O)cccc1OC[C@@H]1CCCCN1C(=O)c1ccc(OC)c(O)c1C=O. The van der Waals surface area contributed by atoms with Crippen molar-refractivity contribution in [1.82, 2.24) is 4.90 Å². The number of carbonyl (C=O) groups is 2. The van der Waals surface area contributed by atoms with E-state index in [4.69, 9.17) is 9.47 Å². The predicted octanol–water partition coefficient (Wildman–Crippen LogP) is 3.64. The van der Waals surface area contributed by atoms with Gasteiger partial charge in [0, 0.05) is 6.54 Å². The molecule has 1 fully saturated rings. The highest BCUT2D eigenvalue weighted by atomic mass is 16.5. The standard InChI is InChI=1S/C23H25NO6/c1-3-16-19(26)8-6-9-20(16)30-14-15-7-4-5-12-24(15)23(28)17-10-11-21(29-2)22(27)18(17)13-25/h3,6,8-11,13,15,26-27H,1,4-5,7,12,14H2,2H3/t15-/m0/s1. The lowest BCUT2D eigenvalue weighted by molar-refractivity contribution is 0.0526. The number of likely N-dealkylation sites (tertiary alicyclic amines) is 1. The van der Waals surface area contributed by atoms with Crippen molar-refractivity contribution in [2.75, 3.05) is 20.3 Å². The molecule has 2 aromatic carbocycles. The summed E-state index contributed by atoms with van der Waals surface area (Å²) >= 11 is 0. The van der Waals surface area contributed by atoms with E-state index in [1.807, 2.05) is 0 Å². The molecule has 0 unspecified atom stereocenters. The van der Waals surface area contributed by atoms with Crippen LogP contribution in [0.1, 0.15) is 45.5 Å². The third-order valence-electron chi connectivity index (χ3n) is 5.31. The van der Waals surface area contributed by atoms with Crippen molar-refractivity contribution in [2.45, 2.75) is 25.3 Å². The highest BCUT2D eigenvalue weighted by Gasteiger charge is 2.30. The van der Waals surface area contributed by atoms with Crippen molar-refractivity contribution < 1.29 is 29.3 Å². The van der Waals surface area contributed by atoms with Crippen LogP contribution in [0.4, 0.5) is 0 Å². The summed E-state index contributed by atoms with van der Waals surface area (Å²) < 4.78 is 10.9. The minimum atomic E-state index is -0.349. The molecule has 3 rings (SSSR count). The zero-order valence-electron chi connectivity index (χ0n) is 16.8. The average molecular weight is 411 g/mol. The molecule has 0 saturated carbocycles. The molecule has 158 valence electrons. The van der Waals surface area contributed by atoms with Crippen molar-refractivity contribution in [3.63, 3.8) is 0 Å². The molecule has 2 N–H and O–H groups in total. The van der Waals surface area contributed by atoms with Gasteiger partial charge in [-0.3, -0.25) is 9.59 Å². The zero-order chi connectivity index (χ0) is 21.7. The Morgan fingerprint density at radius 1 is 1.20 bits per heavy atom. The molecular weight excluding hydrogens is 386 g/mol. The van der Waals surface area contributed by atoms with Crippen molar-refractivity contribution in [1.29, 1.82) is 0 Å². The monoisotopic (exact) mass is 411 g/mol. The molecule has 1 aliphatic rings. The second kappa shape index (κ2) is 9.35. The molecule has 1 atom stereocenters. The molecule has 30 heavy (non-hydrogen) atoms. The van der Waals surface area contributed by atoms with Crippen LogP contribution in [0.3, 0.4) is 0 Å². The average Bonchev–Trinajstić information content (AvgIpc) is 2.77. The van der Waals surface area contributed by atoms with Gasteiger partial charge < -0.3 is 24.6 Å². The number of benzene rings is 2. The van der Waals surface area contributed by atoms with Crippen LogP contribution in [-0.4, -0.2) is 53.6 Å². The van der Waals surface area contributed by atoms with Gasteiger partial charge in [0.2, 0.25) is 0 Å². The summed E-state index contributed by atoms with van der Waals surface area (Å²) in [5.74, 6) is -0.00294. The van der Waals surface area contributed by atoms with Gasteiger partial charge in [-0.2, -0.15) is 0 Å². The fourth-order valence-electron chi connectivity index (χ4n) is 3.70. The van der Waals surface area contributed by atoms with Crippen LogP contribution >= 0.6 is 0 Å². The maximum absolute atomic E-state index is 13.2. The zero-order valence-corrected chi connectivity index (χ0v) is 16.8. The van der Waals surface area contributed by atoms with Crippen LogP contribution in [0, 0.1) is 0 Å². The van der Waals surface area contributed by atoms with E-state index in [-0.39, 0.29) is 46.9 Å². The minimum Gasteiger partial charge on any atom is -0.507 e. The van der Waals surface area contributed by atoms with Gasteiger partial charge in [-0.25, -0.2) is 0 Å². The molecule has 1 aliphatic heterocycles. The van der Waals surface area contributed by atoms with E-state index in [2.05, 4.69) is 6.58 Å². The number of carbonyl (C=O) groups excluding carboxylic acids is 2. The van der Waals surface area contributed by atoms with Crippen LogP contribution in [0.5, 0.6) is 23.0 Å². The number of methoxy groups -OCH3 is 1. The van der Waals surface area contributed by atoms with E-state index in [1.165, 1.54) is 25.3 Å². The number of nitrogens with zero attached hydrogens (tertiary/aromatic N) is 1. The Kier molecular flexibility index (Phi) is 6.61. The summed E-state index contributed by atoms with van der Waals surface area (Å²) in [6.45, 7) is 4.45. The van der Waals surface area contributed by atoms with Crippen molar-refractivity contribution in [2.24, 2.45) is 0 Å². The van der Waals surface area contributed by atoms with Gasteiger partial charge in [0.1, 0.15) is 18.1 Å². The van der Waals surface area contributed by atoms with Crippen LogP contribution in [0.25, 0.3) is 6.08 Å². The normalized spacial score (nSPS) is 16.0. The molecule has 1 amide bonds. The lowest BCUT2D eigenvalue weighted by Gasteiger charge is -2.36. The van der Waals surface area contributed by atoms with Crippen LogP contribution in [0.15, 0.2) is 36.9 Å². The van der Waals surface area contributed by atoms with Crippen molar-refractivity contribution in [3.8, 4) is 23.0 Å². The largest absolute Gasteiger partial charge is 0.507 e. The lowest BCUT2D eigenvalue weighted by atomic mass is 9.99. The lowest BCUT2D eigenvalue weighted by Crippen LogP contribution is -2.47. The Hall–Kier alpha value is -3.48. The fraction of sp³-hybridized carbons (Fsp3) is 0.304. The number of aldehydes is 1. The summed E-state index contributed by atoms with van der Waals surface area (Å²) in [7, 11) is 1.38. The summed E-state index contributed by atoms with van der Waals surface area (Å²) in [4.78, 5) is 26.5. The first kappa shape index (κ1) is 21.2. The Labute approximate surface area is 175 Å². The maximum Gasteiger partial charge on any atom is 0.255 e. The van der Waals surface area contributed by atoms with E-state index in [1.54, 1.807) is 23.1 Å². The number of piperidine rings is 1. The molecule has 7 heteroatoms. The number of ether oxygens (including phenoxy) is 2. The molecule has 1 heterocycles. The second-order valence-corrected chi connectivity index (χ2v) is 7.05. The molecule has 2 aromatic rings. The topological polar surface area (TPSA) is 96.3 Å². The van der Waals surface area contributed by atoms with Gasteiger partial charge in [0.25, 0.3) is 5.91 Å². The van der Waals surface area contributed by atoms with Crippen LogP contribution in [-0.2, 0) is 0 Å². The Bertz CT molecular complexity index is 955.